The van der Waals surface area contributed by atoms with Crippen LogP contribution >= 0.6 is 11.6 Å². The number of furan rings is 1. The summed E-state index contributed by atoms with van der Waals surface area (Å²) in [5, 5.41) is 1.60. The Kier molecular flexibility index (Phi) is 2.97. The van der Waals surface area contributed by atoms with Gasteiger partial charge in [0, 0.05) is 16.6 Å². The molecule has 3 rings (SSSR count). The molecular formula is C14H12ClN3O. The summed E-state index contributed by atoms with van der Waals surface area (Å²) >= 11 is 5.95. The molecule has 0 radical (unpaired) electrons. The zero-order valence-corrected chi connectivity index (χ0v) is 11.1. The third-order valence-electron chi connectivity index (χ3n) is 2.92. The van der Waals surface area contributed by atoms with Gasteiger partial charge in [-0.2, -0.15) is 0 Å². The molecule has 96 valence electrons. The largest absolute Gasteiger partial charge is 0.459 e. The summed E-state index contributed by atoms with van der Waals surface area (Å²) in [4.78, 5) is 8.46. The van der Waals surface area contributed by atoms with E-state index < -0.39 is 6.04 Å². The molecule has 0 saturated carbocycles. The van der Waals surface area contributed by atoms with E-state index in [2.05, 4.69) is 9.97 Å². The third-order valence-corrected chi connectivity index (χ3v) is 3.16. The number of rotatable bonds is 2. The second kappa shape index (κ2) is 4.64. The van der Waals surface area contributed by atoms with Crippen molar-refractivity contribution in [2.75, 3.05) is 0 Å². The smallest absolute Gasteiger partial charge is 0.134 e. The molecule has 0 fully saturated rings. The number of aryl methyl sites for hydroxylation is 1. The lowest BCUT2D eigenvalue weighted by molar-refractivity contribution is 0.520. The Morgan fingerprint density at radius 3 is 2.79 bits per heavy atom. The normalized spacial score (nSPS) is 12.8. The number of aromatic nitrogens is 2. The van der Waals surface area contributed by atoms with Crippen LogP contribution in [0.4, 0.5) is 0 Å². The molecule has 0 saturated heterocycles. The van der Waals surface area contributed by atoms with Gasteiger partial charge in [0.2, 0.25) is 0 Å². The quantitative estimate of drug-likeness (QED) is 0.778. The summed E-state index contributed by atoms with van der Waals surface area (Å²) < 4.78 is 5.72. The minimum Gasteiger partial charge on any atom is -0.459 e. The predicted octanol–water partition coefficient (Wildman–Crippen LogP) is 3.23. The Morgan fingerprint density at radius 2 is 2.05 bits per heavy atom. The summed E-state index contributed by atoms with van der Waals surface area (Å²) in [5.74, 6) is 0.649. The molecule has 0 aliphatic heterocycles. The molecule has 1 aromatic carbocycles. The van der Waals surface area contributed by atoms with E-state index in [1.165, 1.54) is 0 Å². The molecule has 0 aliphatic rings. The van der Waals surface area contributed by atoms with Gasteiger partial charge in [0.15, 0.2) is 0 Å². The van der Waals surface area contributed by atoms with Gasteiger partial charge < -0.3 is 10.2 Å². The second-order valence-corrected chi connectivity index (χ2v) is 4.83. The van der Waals surface area contributed by atoms with Gasteiger partial charge in [-0.05, 0) is 31.2 Å². The van der Waals surface area contributed by atoms with Gasteiger partial charge in [-0.15, -0.1) is 0 Å². The molecule has 0 bridgehead atoms. The highest BCUT2D eigenvalue weighted by Gasteiger charge is 2.15. The van der Waals surface area contributed by atoms with Crippen LogP contribution in [0.5, 0.6) is 0 Å². The number of hydrogen-bond donors (Lipinski definition) is 1. The molecule has 1 atom stereocenters. The van der Waals surface area contributed by atoms with Crippen LogP contribution in [-0.4, -0.2) is 9.97 Å². The van der Waals surface area contributed by atoms with Crippen molar-refractivity contribution in [2.24, 2.45) is 5.73 Å². The van der Waals surface area contributed by atoms with Crippen molar-refractivity contribution in [1.82, 2.24) is 9.97 Å². The summed E-state index contributed by atoms with van der Waals surface area (Å²) in [7, 11) is 0. The lowest BCUT2D eigenvalue weighted by atomic mass is 10.1. The molecule has 5 heteroatoms. The molecule has 1 unspecified atom stereocenters. The van der Waals surface area contributed by atoms with E-state index in [-0.39, 0.29) is 0 Å². The average Bonchev–Trinajstić information content (AvgIpc) is 2.81. The first-order valence-electron chi connectivity index (χ1n) is 5.86. The molecule has 2 N–H and O–H groups in total. The molecule has 4 nitrogen and oxygen atoms in total. The standard InChI is InChI=1S/C14H12ClN3O/c1-8-6-18-11(7-17-8)14(16)13-5-9-4-10(15)2-3-12(9)19-13/h2-7,14H,16H2,1H3. The third kappa shape index (κ3) is 2.32. The number of nitrogens with zero attached hydrogens (tertiary/aromatic N) is 2. The predicted molar refractivity (Wildman–Crippen MR) is 74.0 cm³/mol. The van der Waals surface area contributed by atoms with Gasteiger partial charge in [0.1, 0.15) is 17.4 Å². The Balaban J connectivity index is 2.01. The van der Waals surface area contributed by atoms with Crippen LogP contribution in [0.15, 0.2) is 41.1 Å². The first-order valence-corrected chi connectivity index (χ1v) is 6.24. The zero-order valence-electron chi connectivity index (χ0n) is 10.3. The molecule has 2 aromatic heterocycles. The topological polar surface area (TPSA) is 64.9 Å². The summed E-state index contributed by atoms with van der Waals surface area (Å²) in [6.45, 7) is 1.88. The van der Waals surface area contributed by atoms with E-state index in [0.717, 1.165) is 16.7 Å². The highest BCUT2D eigenvalue weighted by atomic mass is 35.5. The number of fused-ring (bicyclic) bond motifs is 1. The van der Waals surface area contributed by atoms with Crippen LogP contribution in [0.3, 0.4) is 0 Å². The van der Waals surface area contributed by atoms with Crippen molar-refractivity contribution in [2.45, 2.75) is 13.0 Å². The van der Waals surface area contributed by atoms with E-state index in [1.54, 1.807) is 18.5 Å². The first kappa shape index (κ1) is 12.1. The number of halogens is 1. The Bertz CT molecular complexity index is 721. The van der Waals surface area contributed by atoms with Crippen LogP contribution < -0.4 is 5.73 Å². The van der Waals surface area contributed by atoms with Crippen LogP contribution in [0.2, 0.25) is 5.02 Å². The van der Waals surface area contributed by atoms with Crippen LogP contribution in [-0.2, 0) is 0 Å². The maximum absolute atomic E-state index is 6.14. The highest BCUT2D eigenvalue weighted by Crippen LogP contribution is 2.27. The maximum Gasteiger partial charge on any atom is 0.134 e. The van der Waals surface area contributed by atoms with Crippen LogP contribution in [0.25, 0.3) is 11.0 Å². The van der Waals surface area contributed by atoms with Gasteiger partial charge in [-0.3, -0.25) is 9.97 Å². The van der Waals surface area contributed by atoms with E-state index in [9.17, 15) is 0 Å². The maximum atomic E-state index is 6.14. The molecule has 2 heterocycles. The fraction of sp³-hybridized carbons (Fsp3) is 0.143. The monoisotopic (exact) mass is 273 g/mol. The Morgan fingerprint density at radius 1 is 1.21 bits per heavy atom. The average molecular weight is 274 g/mol. The molecule has 0 aliphatic carbocycles. The van der Waals surface area contributed by atoms with E-state index in [4.69, 9.17) is 21.8 Å². The van der Waals surface area contributed by atoms with Gasteiger partial charge in [0.25, 0.3) is 0 Å². The zero-order chi connectivity index (χ0) is 13.4. The minimum atomic E-state index is -0.431. The van der Waals surface area contributed by atoms with Crippen molar-refractivity contribution < 1.29 is 4.42 Å². The molecule has 0 spiro atoms. The number of benzene rings is 1. The summed E-state index contributed by atoms with van der Waals surface area (Å²) in [6.07, 6.45) is 3.36. The van der Waals surface area contributed by atoms with Crippen molar-refractivity contribution in [1.29, 1.82) is 0 Å². The van der Waals surface area contributed by atoms with E-state index in [1.807, 2.05) is 25.1 Å². The number of nitrogens with two attached hydrogens (primary N) is 1. The summed E-state index contributed by atoms with van der Waals surface area (Å²) in [6, 6.07) is 6.91. The molecule has 3 aromatic rings. The second-order valence-electron chi connectivity index (χ2n) is 4.39. The van der Waals surface area contributed by atoms with Crippen molar-refractivity contribution in [3.05, 3.63) is 58.8 Å². The van der Waals surface area contributed by atoms with E-state index in [0.29, 0.717) is 16.5 Å². The lowest BCUT2D eigenvalue weighted by Crippen LogP contribution is -2.13. The highest BCUT2D eigenvalue weighted by molar-refractivity contribution is 6.31. The van der Waals surface area contributed by atoms with Gasteiger partial charge in [-0.1, -0.05) is 11.6 Å². The SMILES string of the molecule is Cc1cnc(C(N)c2cc3cc(Cl)ccc3o2)cn1. The molecule has 0 amide bonds. The van der Waals surface area contributed by atoms with Gasteiger partial charge >= 0.3 is 0 Å². The Labute approximate surface area is 115 Å². The van der Waals surface area contributed by atoms with Gasteiger partial charge in [0.05, 0.1) is 17.6 Å². The molecular weight excluding hydrogens is 262 g/mol. The van der Waals surface area contributed by atoms with Crippen molar-refractivity contribution >= 4 is 22.6 Å². The van der Waals surface area contributed by atoms with E-state index >= 15 is 0 Å². The van der Waals surface area contributed by atoms with Crippen molar-refractivity contribution in [3.8, 4) is 0 Å². The van der Waals surface area contributed by atoms with Gasteiger partial charge in [-0.25, -0.2) is 0 Å². The fourth-order valence-electron chi connectivity index (χ4n) is 1.90. The lowest BCUT2D eigenvalue weighted by Gasteiger charge is -2.07. The van der Waals surface area contributed by atoms with Crippen LogP contribution in [0, 0.1) is 6.92 Å². The van der Waals surface area contributed by atoms with Crippen molar-refractivity contribution in [3.63, 3.8) is 0 Å². The first-order chi connectivity index (χ1) is 9.13. The number of hydrogen-bond acceptors (Lipinski definition) is 4. The summed E-state index contributed by atoms with van der Waals surface area (Å²) in [5.41, 5.74) is 8.43. The molecule has 19 heavy (non-hydrogen) atoms. The van der Waals surface area contributed by atoms with Crippen LogP contribution in [0.1, 0.15) is 23.2 Å². The minimum absolute atomic E-state index is 0.431. The Hall–Kier alpha value is -1.91. The fourth-order valence-corrected chi connectivity index (χ4v) is 2.08.